The van der Waals surface area contributed by atoms with Crippen molar-refractivity contribution in [1.29, 1.82) is 0 Å². The first-order chi connectivity index (χ1) is 10.2. The first kappa shape index (κ1) is 15.2. The molecule has 1 aromatic carbocycles. The van der Waals surface area contributed by atoms with Gasteiger partial charge in [-0.25, -0.2) is 0 Å². The molecule has 1 aliphatic rings. The maximum atomic E-state index is 6.08. The molecule has 0 amide bonds. The lowest BCUT2D eigenvalue weighted by molar-refractivity contribution is 0.251. The molecule has 2 aromatic rings. The van der Waals surface area contributed by atoms with Crippen LogP contribution < -0.4 is 5.73 Å². The Bertz CT molecular complexity index is 577. The van der Waals surface area contributed by atoms with Crippen LogP contribution in [0, 0.1) is 6.92 Å². The van der Waals surface area contributed by atoms with Crippen LogP contribution in [0.2, 0.25) is 0 Å². The molecule has 21 heavy (non-hydrogen) atoms. The maximum absolute atomic E-state index is 6.08. The molecule has 4 heteroatoms. The number of halogens is 1. The van der Waals surface area contributed by atoms with E-state index in [2.05, 4.69) is 64.2 Å². The van der Waals surface area contributed by atoms with Gasteiger partial charge in [0, 0.05) is 27.3 Å². The number of nitrogens with zero attached hydrogens (tertiary/aromatic N) is 1. The largest absolute Gasteiger partial charge is 0.329 e. The van der Waals surface area contributed by atoms with E-state index < -0.39 is 0 Å². The van der Waals surface area contributed by atoms with Crippen molar-refractivity contribution in [3.63, 3.8) is 0 Å². The normalized spacial score (nSPS) is 20.8. The fourth-order valence-electron chi connectivity index (χ4n) is 3.16. The van der Waals surface area contributed by atoms with Crippen molar-refractivity contribution in [1.82, 2.24) is 4.90 Å². The van der Waals surface area contributed by atoms with Crippen LogP contribution in [-0.2, 0) is 0 Å². The van der Waals surface area contributed by atoms with Gasteiger partial charge in [-0.1, -0.05) is 30.3 Å². The fourth-order valence-corrected chi connectivity index (χ4v) is 4.87. The Morgan fingerprint density at radius 2 is 2.14 bits per heavy atom. The molecule has 0 saturated carbocycles. The lowest BCUT2D eigenvalue weighted by atomic mass is 9.99. The predicted octanol–water partition coefficient (Wildman–Crippen LogP) is 4.31. The van der Waals surface area contributed by atoms with E-state index in [1.165, 1.54) is 26.2 Å². The van der Waals surface area contributed by atoms with Gasteiger partial charge in [-0.3, -0.25) is 4.90 Å². The summed E-state index contributed by atoms with van der Waals surface area (Å²) in [5.74, 6) is 0.643. The van der Waals surface area contributed by atoms with Gasteiger partial charge in [0.25, 0.3) is 0 Å². The molecule has 2 N–H and O–H groups in total. The molecule has 2 unspecified atom stereocenters. The van der Waals surface area contributed by atoms with Gasteiger partial charge in [0.05, 0.1) is 6.04 Å². The highest BCUT2D eigenvalue weighted by molar-refractivity contribution is 9.10. The predicted molar refractivity (Wildman–Crippen MR) is 93.9 cm³/mol. The monoisotopic (exact) mass is 364 g/mol. The molecule has 2 nitrogen and oxygen atoms in total. The lowest BCUT2D eigenvalue weighted by Gasteiger charge is -2.25. The number of thiophene rings is 1. The summed E-state index contributed by atoms with van der Waals surface area (Å²) < 4.78 is 1.21. The second-order valence-corrected chi connectivity index (χ2v) is 7.84. The van der Waals surface area contributed by atoms with Gasteiger partial charge in [-0.2, -0.15) is 0 Å². The molecule has 1 aromatic heterocycles. The van der Waals surface area contributed by atoms with E-state index >= 15 is 0 Å². The molecule has 1 fully saturated rings. The summed E-state index contributed by atoms with van der Waals surface area (Å²) >= 11 is 5.48. The van der Waals surface area contributed by atoms with E-state index in [-0.39, 0.29) is 0 Å². The van der Waals surface area contributed by atoms with Crippen LogP contribution in [0.1, 0.15) is 33.7 Å². The summed E-state index contributed by atoms with van der Waals surface area (Å²) in [7, 11) is 0. The Labute approximate surface area is 139 Å². The number of likely N-dealkylation sites (tertiary alicyclic amines) is 1. The fraction of sp³-hybridized carbons (Fsp3) is 0.412. The minimum Gasteiger partial charge on any atom is -0.329 e. The van der Waals surface area contributed by atoms with Gasteiger partial charge < -0.3 is 5.73 Å². The zero-order valence-corrected chi connectivity index (χ0v) is 14.7. The van der Waals surface area contributed by atoms with E-state index in [1.807, 2.05) is 11.3 Å². The highest BCUT2D eigenvalue weighted by Gasteiger charge is 2.30. The molecule has 3 rings (SSSR count). The number of hydrogen-bond donors (Lipinski definition) is 1. The minimum absolute atomic E-state index is 0.355. The second kappa shape index (κ2) is 6.61. The number of aryl methyl sites for hydroxylation is 1. The zero-order valence-electron chi connectivity index (χ0n) is 12.3. The SMILES string of the molecule is Cc1sc(C(CN)N2CCC(c3ccccc3)C2)cc1Br. The topological polar surface area (TPSA) is 29.3 Å². The van der Waals surface area contributed by atoms with Gasteiger partial charge in [-0.15, -0.1) is 11.3 Å². The molecule has 0 spiro atoms. The molecular formula is C17H21BrN2S. The van der Waals surface area contributed by atoms with E-state index in [4.69, 9.17) is 5.73 Å². The first-order valence-corrected chi connectivity index (χ1v) is 9.05. The average Bonchev–Trinajstić information content (AvgIpc) is 3.10. The highest BCUT2D eigenvalue weighted by atomic mass is 79.9. The summed E-state index contributed by atoms with van der Waals surface area (Å²) in [6, 6.07) is 13.5. The third-order valence-electron chi connectivity index (χ3n) is 4.36. The molecule has 0 radical (unpaired) electrons. The Morgan fingerprint density at radius 3 is 2.76 bits per heavy atom. The molecular weight excluding hydrogens is 344 g/mol. The van der Waals surface area contributed by atoms with E-state index in [9.17, 15) is 0 Å². The minimum atomic E-state index is 0.355. The van der Waals surface area contributed by atoms with Gasteiger partial charge in [0.1, 0.15) is 0 Å². The van der Waals surface area contributed by atoms with Crippen LogP contribution in [0.3, 0.4) is 0 Å². The number of nitrogens with two attached hydrogens (primary N) is 1. The van der Waals surface area contributed by atoms with Gasteiger partial charge in [0.2, 0.25) is 0 Å². The quantitative estimate of drug-likeness (QED) is 0.875. The smallest absolute Gasteiger partial charge is 0.0565 e. The van der Waals surface area contributed by atoms with E-state index in [0.29, 0.717) is 18.5 Å². The molecule has 2 heterocycles. The summed E-state index contributed by atoms with van der Waals surface area (Å²) in [5.41, 5.74) is 7.54. The van der Waals surface area contributed by atoms with Crippen LogP contribution >= 0.6 is 27.3 Å². The Balaban J connectivity index is 1.75. The molecule has 0 bridgehead atoms. The van der Waals surface area contributed by atoms with Crippen molar-refractivity contribution in [3.05, 3.63) is 56.2 Å². The van der Waals surface area contributed by atoms with Crippen LogP contribution in [0.5, 0.6) is 0 Å². The van der Waals surface area contributed by atoms with Crippen molar-refractivity contribution in [2.24, 2.45) is 5.73 Å². The molecule has 0 aliphatic carbocycles. The highest BCUT2D eigenvalue weighted by Crippen LogP contribution is 2.37. The number of hydrogen-bond acceptors (Lipinski definition) is 3. The van der Waals surface area contributed by atoms with Crippen molar-refractivity contribution in [2.45, 2.75) is 25.3 Å². The Morgan fingerprint density at radius 1 is 1.38 bits per heavy atom. The van der Waals surface area contributed by atoms with Crippen molar-refractivity contribution >= 4 is 27.3 Å². The van der Waals surface area contributed by atoms with E-state index in [0.717, 1.165) is 13.1 Å². The zero-order chi connectivity index (χ0) is 14.8. The summed E-state index contributed by atoms with van der Waals surface area (Å²) in [6.07, 6.45) is 1.23. The first-order valence-electron chi connectivity index (χ1n) is 7.44. The molecule has 2 atom stereocenters. The van der Waals surface area contributed by atoms with Crippen LogP contribution in [-0.4, -0.2) is 24.5 Å². The number of rotatable bonds is 4. The van der Waals surface area contributed by atoms with Gasteiger partial charge in [0.15, 0.2) is 0 Å². The Hall–Kier alpha value is -0.680. The van der Waals surface area contributed by atoms with Crippen molar-refractivity contribution in [2.75, 3.05) is 19.6 Å². The van der Waals surface area contributed by atoms with E-state index in [1.54, 1.807) is 0 Å². The van der Waals surface area contributed by atoms with Gasteiger partial charge >= 0.3 is 0 Å². The standard InChI is InChI=1S/C17H21BrN2S/c1-12-15(18)9-17(21-12)16(10-19)20-8-7-14(11-20)13-5-3-2-4-6-13/h2-6,9,14,16H,7-8,10-11,19H2,1H3. The number of benzene rings is 1. The molecule has 1 saturated heterocycles. The van der Waals surface area contributed by atoms with Crippen LogP contribution in [0.15, 0.2) is 40.9 Å². The third-order valence-corrected chi connectivity index (χ3v) is 6.60. The second-order valence-electron chi connectivity index (χ2n) is 5.70. The molecule has 1 aliphatic heterocycles. The summed E-state index contributed by atoms with van der Waals surface area (Å²) in [4.78, 5) is 5.27. The van der Waals surface area contributed by atoms with Crippen molar-refractivity contribution in [3.8, 4) is 0 Å². The average molecular weight is 365 g/mol. The molecule has 112 valence electrons. The van der Waals surface area contributed by atoms with Crippen molar-refractivity contribution < 1.29 is 0 Å². The van der Waals surface area contributed by atoms with Gasteiger partial charge in [-0.05, 0) is 53.4 Å². The summed E-state index contributed by atoms with van der Waals surface area (Å²) in [6.45, 7) is 5.09. The summed E-state index contributed by atoms with van der Waals surface area (Å²) in [5, 5.41) is 0. The van der Waals surface area contributed by atoms with Crippen LogP contribution in [0.25, 0.3) is 0 Å². The van der Waals surface area contributed by atoms with Crippen LogP contribution in [0.4, 0.5) is 0 Å². The third kappa shape index (κ3) is 3.24. The Kier molecular flexibility index (Phi) is 4.79. The lowest BCUT2D eigenvalue weighted by Crippen LogP contribution is -2.31. The maximum Gasteiger partial charge on any atom is 0.0565 e.